The van der Waals surface area contributed by atoms with E-state index >= 15 is 0 Å². The smallest absolute Gasteiger partial charge is 0.408 e. The predicted octanol–water partition coefficient (Wildman–Crippen LogP) is 2.97. The number of nitrogens with one attached hydrogen (secondary N) is 4. The molecule has 0 unspecified atom stereocenters. The molecule has 46 heavy (non-hydrogen) atoms. The number of carbonyl (C=O) groups is 5. The Bertz CT molecular complexity index is 1390. The van der Waals surface area contributed by atoms with Crippen LogP contribution in [0.2, 0.25) is 0 Å². The molecule has 2 aromatic rings. The highest BCUT2D eigenvalue weighted by Crippen LogP contribution is 2.44. The van der Waals surface area contributed by atoms with E-state index in [9.17, 15) is 24.0 Å². The van der Waals surface area contributed by atoms with Crippen molar-refractivity contribution >= 4 is 30.0 Å². The van der Waals surface area contributed by atoms with E-state index < -0.39 is 53.8 Å². The number of hydrogen-bond acceptors (Lipinski definition) is 10. The van der Waals surface area contributed by atoms with Crippen LogP contribution < -0.4 is 21.3 Å². The zero-order valence-corrected chi connectivity index (χ0v) is 26.7. The van der Waals surface area contributed by atoms with Crippen molar-refractivity contribution in [2.24, 2.45) is 5.92 Å². The highest BCUT2D eigenvalue weighted by Gasteiger charge is 2.36. The van der Waals surface area contributed by atoms with Gasteiger partial charge >= 0.3 is 24.1 Å². The van der Waals surface area contributed by atoms with Crippen LogP contribution in [0, 0.1) is 5.92 Å². The highest BCUT2D eigenvalue weighted by atomic mass is 16.6. The first-order chi connectivity index (χ1) is 21.8. The van der Waals surface area contributed by atoms with Crippen LogP contribution in [0.25, 0.3) is 11.1 Å². The quantitative estimate of drug-likeness (QED) is 0.124. The normalized spacial score (nSPS) is 17.8. The minimum atomic E-state index is -1.08. The van der Waals surface area contributed by atoms with Crippen LogP contribution >= 0.6 is 0 Å². The van der Waals surface area contributed by atoms with Gasteiger partial charge in [-0.3, -0.25) is 4.79 Å². The zero-order valence-electron chi connectivity index (χ0n) is 26.7. The van der Waals surface area contributed by atoms with Crippen molar-refractivity contribution in [3.63, 3.8) is 0 Å². The Hall–Kier alpha value is -4.49. The molecule has 4 N–H and O–H groups in total. The monoisotopic (exact) mass is 638 g/mol. The fraction of sp³-hybridized carbons (Fsp3) is 0.485. The summed E-state index contributed by atoms with van der Waals surface area (Å²) >= 11 is 0. The molecular weight excluding hydrogens is 596 g/mol. The maximum absolute atomic E-state index is 12.6. The molecule has 1 heterocycles. The van der Waals surface area contributed by atoms with Crippen molar-refractivity contribution in [3.05, 3.63) is 59.7 Å². The van der Waals surface area contributed by atoms with Gasteiger partial charge in [-0.05, 0) is 48.9 Å². The lowest BCUT2D eigenvalue weighted by Crippen LogP contribution is -2.48. The summed E-state index contributed by atoms with van der Waals surface area (Å²) < 4.78 is 21.3. The summed E-state index contributed by atoms with van der Waals surface area (Å²) in [6.45, 7) is 8.43. The van der Waals surface area contributed by atoms with E-state index in [1.54, 1.807) is 34.6 Å². The Morgan fingerprint density at radius 1 is 0.913 bits per heavy atom. The van der Waals surface area contributed by atoms with Crippen molar-refractivity contribution in [2.45, 2.75) is 70.7 Å². The maximum Gasteiger partial charge on any atom is 0.408 e. The van der Waals surface area contributed by atoms with Crippen molar-refractivity contribution in [1.29, 1.82) is 0 Å². The van der Waals surface area contributed by atoms with E-state index in [1.165, 1.54) is 0 Å². The molecule has 2 aromatic carbocycles. The predicted molar refractivity (Wildman–Crippen MR) is 166 cm³/mol. The first-order valence-electron chi connectivity index (χ1n) is 15.3. The lowest BCUT2D eigenvalue weighted by atomic mass is 9.98. The molecule has 1 fully saturated rings. The van der Waals surface area contributed by atoms with Crippen molar-refractivity contribution < 1.29 is 42.9 Å². The third-order valence-electron chi connectivity index (χ3n) is 7.49. The van der Waals surface area contributed by atoms with E-state index in [-0.39, 0.29) is 44.7 Å². The summed E-state index contributed by atoms with van der Waals surface area (Å²) in [5.74, 6) is -2.64. The van der Waals surface area contributed by atoms with Gasteiger partial charge in [0.25, 0.3) is 0 Å². The van der Waals surface area contributed by atoms with E-state index in [1.807, 2.05) is 48.5 Å². The Morgan fingerprint density at radius 3 is 2.15 bits per heavy atom. The van der Waals surface area contributed by atoms with Gasteiger partial charge in [0.15, 0.2) is 0 Å². The average Bonchev–Trinajstić information content (AvgIpc) is 3.59. The van der Waals surface area contributed by atoms with Gasteiger partial charge in [-0.2, -0.15) is 0 Å². The molecule has 3 atom stereocenters. The van der Waals surface area contributed by atoms with Crippen LogP contribution in [0.5, 0.6) is 0 Å². The molecule has 2 aliphatic rings. The first-order valence-corrected chi connectivity index (χ1v) is 15.3. The van der Waals surface area contributed by atoms with Crippen LogP contribution in [-0.4, -0.2) is 80.2 Å². The van der Waals surface area contributed by atoms with Gasteiger partial charge in [0.2, 0.25) is 5.91 Å². The largest absolute Gasteiger partial charge is 0.449 e. The zero-order chi connectivity index (χ0) is 33.4. The molecule has 0 spiro atoms. The van der Waals surface area contributed by atoms with E-state index in [4.69, 9.17) is 18.9 Å². The highest BCUT2D eigenvalue weighted by molar-refractivity contribution is 5.92. The summed E-state index contributed by atoms with van der Waals surface area (Å²) in [5.41, 5.74) is 3.66. The summed E-state index contributed by atoms with van der Waals surface area (Å²) in [5, 5.41) is 10.4. The average molecular weight is 639 g/mol. The number of ether oxygens (including phenoxy) is 4. The number of rotatable bonds is 11. The maximum atomic E-state index is 12.6. The van der Waals surface area contributed by atoms with Crippen molar-refractivity contribution in [3.8, 4) is 11.1 Å². The van der Waals surface area contributed by atoms with Gasteiger partial charge in [-0.25, -0.2) is 19.2 Å². The van der Waals surface area contributed by atoms with E-state index in [2.05, 4.69) is 21.3 Å². The van der Waals surface area contributed by atoms with Gasteiger partial charge < -0.3 is 40.2 Å². The van der Waals surface area contributed by atoms with E-state index in [0.29, 0.717) is 0 Å². The Kier molecular flexibility index (Phi) is 11.4. The fourth-order valence-corrected chi connectivity index (χ4v) is 5.28. The van der Waals surface area contributed by atoms with Crippen LogP contribution in [0.1, 0.15) is 58.1 Å². The van der Waals surface area contributed by atoms with Gasteiger partial charge in [0.1, 0.15) is 37.6 Å². The van der Waals surface area contributed by atoms with Crippen molar-refractivity contribution in [1.82, 2.24) is 21.3 Å². The summed E-state index contributed by atoms with van der Waals surface area (Å²) in [6, 6.07) is 14.1. The van der Waals surface area contributed by atoms with Gasteiger partial charge in [0.05, 0.1) is 6.10 Å². The first kappa shape index (κ1) is 34.4. The molecule has 4 rings (SSSR count). The number of benzene rings is 2. The molecular formula is C33H42N4O9. The molecule has 1 aliphatic heterocycles. The lowest BCUT2D eigenvalue weighted by Gasteiger charge is -2.24. The summed E-state index contributed by atoms with van der Waals surface area (Å²) in [4.78, 5) is 61.9. The lowest BCUT2D eigenvalue weighted by molar-refractivity contribution is -0.163. The van der Waals surface area contributed by atoms with Crippen LogP contribution in [0.3, 0.4) is 0 Å². The molecule has 0 bridgehead atoms. The Labute approximate surface area is 268 Å². The number of carbonyl (C=O) groups excluding carboxylic acids is 5. The number of esters is 2. The van der Waals surface area contributed by atoms with Gasteiger partial charge in [-0.15, -0.1) is 0 Å². The number of alkyl carbamates (subject to hydrolysis) is 2. The molecule has 13 heteroatoms. The SMILES string of the molecule is CC(C)[C@H](NC(=O)OC(C)(C)C)C(=O)OC(=O)[C@@H]1C[C@@H](OCNC(=O)CNC(=O)OCC2c3ccccc3-c3ccccc32)CN1. The minimum Gasteiger partial charge on any atom is -0.449 e. The van der Waals surface area contributed by atoms with Gasteiger partial charge in [0, 0.05) is 18.9 Å². The van der Waals surface area contributed by atoms with Crippen LogP contribution in [0.4, 0.5) is 9.59 Å². The number of amides is 3. The molecule has 13 nitrogen and oxygen atoms in total. The van der Waals surface area contributed by atoms with Crippen molar-refractivity contribution in [2.75, 3.05) is 26.4 Å². The summed E-state index contributed by atoms with van der Waals surface area (Å²) in [6.07, 6.45) is -1.75. The number of fused-ring (bicyclic) bond motifs is 3. The molecule has 0 saturated carbocycles. The molecule has 1 saturated heterocycles. The second-order valence-corrected chi connectivity index (χ2v) is 12.5. The molecule has 248 valence electrons. The van der Waals surface area contributed by atoms with Crippen LogP contribution in [0.15, 0.2) is 48.5 Å². The molecule has 0 aromatic heterocycles. The second-order valence-electron chi connectivity index (χ2n) is 12.5. The second kappa shape index (κ2) is 15.2. The fourth-order valence-electron chi connectivity index (χ4n) is 5.28. The Balaban J connectivity index is 1.12. The topological polar surface area (TPSA) is 170 Å². The minimum absolute atomic E-state index is 0.0924. The van der Waals surface area contributed by atoms with Gasteiger partial charge in [-0.1, -0.05) is 62.4 Å². The Morgan fingerprint density at radius 2 is 1.54 bits per heavy atom. The molecule has 3 amide bonds. The third kappa shape index (κ3) is 9.27. The third-order valence-corrected chi connectivity index (χ3v) is 7.49. The standard InChI is InChI=1S/C33H42N4O9/c1-19(2)28(37-32(42)46-33(3,4)5)30(40)45-29(39)26-14-20(15-34-26)44-18-36-27(38)16-35-31(41)43-17-25-23-12-8-6-10-21(23)22-11-7-9-13-24(22)25/h6-13,19-20,25-26,28,34H,14-18H2,1-5H3,(H,35,41)(H,36,38)(H,37,42)/t20-,26+,28+/m1/s1. The van der Waals surface area contributed by atoms with Crippen LogP contribution in [-0.2, 0) is 33.3 Å². The number of hydrogen-bond donors (Lipinski definition) is 4. The molecule has 1 aliphatic carbocycles. The summed E-state index contributed by atoms with van der Waals surface area (Å²) in [7, 11) is 0. The molecule has 0 radical (unpaired) electrons. The van der Waals surface area contributed by atoms with E-state index in [0.717, 1.165) is 22.3 Å².